The quantitative estimate of drug-likeness (QED) is 0.798. The van der Waals surface area contributed by atoms with Gasteiger partial charge in [0.1, 0.15) is 5.60 Å². The number of carbonyl (C=O) groups is 1. The van der Waals surface area contributed by atoms with Gasteiger partial charge in [-0.25, -0.2) is 4.79 Å². The second-order valence-corrected chi connectivity index (χ2v) is 7.43. The van der Waals surface area contributed by atoms with Crippen LogP contribution >= 0.6 is 15.9 Å². The molecule has 0 unspecified atom stereocenters. The monoisotopic (exact) mass is 381 g/mol. The zero-order valence-electron chi connectivity index (χ0n) is 13.9. The molecule has 1 fully saturated rings. The predicted molar refractivity (Wildman–Crippen MR) is 95.6 cm³/mol. The number of hydrogen-bond donors (Lipinski definition) is 1. The highest BCUT2D eigenvalue weighted by Gasteiger charge is 2.21. The average molecular weight is 382 g/mol. The predicted octanol–water partition coefficient (Wildman–Crippen LogP) is 4.10. The first-order valence-corrected chi connectivity index (χ1v) is 8.67. The maximum absolute atomic E-state index is 12.1. The van der Waals surface area contributed by atoms with Crippen LogP contribution in [0.5, 0.6) is 0 Å². The highest BCUT2D eigenvalue weighted by Crippen LogP contribution is 2.23. The summed E-state index contributed by atoms with van der Waals surface area (Å²) in [5.74, 6) is 0. The molecule has 23 heavy (non-hydrogen) atoms. The number of benzene rings is 1. The van der Waals surface area contributed by atoms with Gasteiger partial charge < -0.3 is 10.1 Å². The lowest BCUT2D eigenvalue weighted by Crippen LogP contribution is -2.36. The van der Waals surface area contributed by atoms with Crippen molar-refractivity contribution in [2.24, 2.45) is 5.10 Å². The van der Waals surface area contributed by atoms with Crippen molar-refractivity contribution in [1.29, 1.82) is 0 Å². The highest BCUT2D eigenvalue weighted by atomic mass is 79.9. The van der Waals surface area contributed by atoms with Gasteiger partial charge in [0, 0.05) is 17.6 Å². The first kappa shape index (κ1) is 17.8. The topological polar surface area (TPSA) is 53.9 Å². The summed E-state index contributed by atoms with van der Waals surface area (Å²) in [5, 5.41) is 9.42. The van der Waals surface area contributed by atoms with E-state index in [1.54, 1.807) is 6.21 Å². The third kappa shape index (κ3) is 5.86. The normalized spacial score (nSPS) is 16.6. The van der Waals surface area contributed by atoms with E-state index in [0.717, 1.165) is 36.0 Å². The zero-order valence-corrected chi connectivity index (χ0v) is 15.5. The molecule has 0 saturated carbocycles. The Balaban J connectivity index is 2.14. The lowest BCUT2D eigenvalue weighted by molar-refractivity contribution is 0.0518. The van der Waals surface area contributed by atoms with E-state index in [2.05, 4.69) is 26.3 Å². The van der Waals surface area contributed by atoms with Gasteiger partial charge in [0.05, 0.1) is 12.3 Å². The van der Waals surface area contributed by atoms with Gasteiger partial charge in [-0.15, -0.1) is 0 Å². The van der Waals surface area contributed by atoms with Gasteiger partial charge in [-0.3, -0.25) is 5.01 Å². The van der Waals surface area contributed by atoms with Crippen LogP contribution in [-0.4, -0.2) is 36.0 Å². The minimum atomic E-state index is -0.533. The molecule has 1 N–H and O–H groups in total. The van der Waals surface area contributed by atoms with Gasteiger partial charge in [-0.05, 0) is 45.2 Å². The van der Waals surface area contributed by atoms with E-state index in [4.69, 9.17) is 4.74 Å². The number of amides is 1. The number of alkyl carbamates (subject to hydrolysis) is 1. The Kier molecular flexibility index (Phi) is 6.04. The van der Waals surface area contributed by atoms with Crippen LogP contribution in [0.25, 0.3) is 0 Å². The fourth-order valence-corrected chi connectivity index (χ4v) is 2.87. The molecule has 5 nitrogen and oxygen atoms in total. The molecule has 1 heterocycles. The molecule has 1 amide bonds. The zero-order chi connectivity index (χ0) is 16.9. The molecule has 1 aliphatic rings. The van der Waals surface area contributed by atoms with Crippen molar-refractivity contribution in [2.45, 2.75) is 45.3 Å². The Morgan fingerprint density at radius 2 is 2.00 bits per heavy atom. The van der Waals surface area contributed by atoms with Crippen LogP contribution in [-0.2, 0) is 4.74 Å². The number of nitrogens with one attached hydrogen (secondary N) is 1. The van der Waals surface area contributed by atoms with E-state index in [1.807, 2.05) is 50.0 Å². The van der Waals surface area contributed by atoms with Crippen LogP contribution < -0.4 is 5.32 Å². The van der Waals surface area contributed by atoms with Gasteiger partial charge in [0.25, 0.3) is 0 Å². The number of hydrogen-bond acceptors (Lipinski definition) is 4. The van der Waals surface area contributed by atoms with Crippen LogP contribution in [0.1, 0.15) is 45.2 Å². The van der Waals surface area contributed by atoms with E-state index in [1.165, 1.54) is 0 Å². The van der Waals surface area contributed by atoms with Crippen molar-refractivity contribution in [2.75, 3.05) is 13.1 Å². The van der Waals surface area contributed by atoms with Crippen molar-refractivity contribution in [3.05, 3.63) is 34.3 Å². The molecule has 6 heteroatoms. The second-order valence-electron chi connectivity index (χ2n) is 6.57. The van der Waals surface area contributed by atoms with E-state index in [-0.39, 0.29) is 6.04 Å². The molecule has 0 radical (unpaired) electrons. The van der Waals surface area contributed by atoms with Gasteiger partial charge in [-0.2, -0.15) is 5.10 Å². The Labute approximate surface area is 146 Å². The SMILES string of the molecule is CC(C)(C)OC(=O)N[C@@H](/C=N/N1CCCC1)c1ccccc1Br. The highest BCUT2D eigenvalue weighted by molar-refractivity contribution is 9.10. The molecule has 1 atom stereocenters. The first-order valence-electron chi connectivity index (χ1n) is 7.88. The third-order valence-corrected chi connectivity index (χ3v) is 4.10. The van der Waals surface area contributed by atoms with Gasteiger partial charge in [0.15, 0.2) is 0 Å². The summed E-state index contributed by atoms with van der Waals surface area (Å²) < 4.78 is 6.29. The van der Waals surface area contributed by atoms with Crippen molar-refractivity contribution < 1.29 is 9.53 Å². The molecule has 1 saturated heterocycles. The number of halogens is 1. The number of ether oxygens (including phenoxy) is 1. The fraction of sp³-hybridized carbons (Fsp3) is 0.529. The van der Waals surface area contributed by atoms with Crippen molar-refractivity contribution >= 4 is 28.2 Å². The van der Waals surface area contributed by atoms with Crippen molar-refractivity contribution in [3.8, 4) is 0 Å². The first-order chi connectivity index (χ1) is 10.8. The summed E-state index contributed by atoms with van der Waals surface area (Å²) in [6.07, 6.45) is 3.65. The molecule has 0 aromatic heterocycles. The largest absolute Gasteiger partial charge is 0.444 e. The average Bonchev–Trinajstić information content (AvgIpc) is 2.95. The molecule has 1 aromatic carbocycles. The smallest absolute Gasteiger partial charge is 0.408 e. The molecule has 2 rings (SSSR count). The Morgan fingerprint density at radius 1 is 1.35 bits per heavy atom. The number of carbonyl (C=O) groups excluding carboxylic acids is 1. The van der Waals surface area contributed by atoms with Gasteiger partial charge >= 0.3 is 6.09 Å². The van der Waals surface area contributed by atoms with Crippen LogP contribution in [0.3, 0.4) is 0 Å². The third-order valence-electron chi connectivity index (χ3n) is 3.37. The summed E-state index contributed by atoms with van der Waals surface area (Å²) in [6.45, 7) is 7.46. The van der Waals surface area contributed by atoms with E-state index in [9.17, 15) is 4.79 Å². The molecular weight excluding hydrogens is 358 g/mol. The number of nitrogens with zero attached hydrogens (tertiary/aromatic N) is 2. The molecule has 0 spiro atoms. The maximum Gasteiger partial charge on any atom is 0.408 e. The minimum absolute atomic E-state index is 0.346. The number of hydrazone groups is 1. The van der Waals surface area contributed by atoms with E-state index < -0.39 is 11.7 Å². The fourth-order valence-electron chi connectivity index (χ4n) is 2.33. The van der Waals surface area contributed by atoms with E-state index >= 15 is 0 Å². The second kappa shape index (κ2) is 7.81. The van der Waals surface area contributed by atoms with E-state index in [0.29, 0.717) is 0 Å². The summed E-state index contributed by atoms with van der Waals surface area (Å²) in [5.41, 5.74) is 0.413. The van der Waals surface area contributed by atoms with Crippen LogP contribution in [0, 0.1) is 0 Å². The Bertz CT molecular complexity index is 563. The van der Waals surface area contributed by atoms with Crippen LogP contribution in [0.2, 0.25) is 0 Å². The summed E-state index contributed by atoms with van der Waals surface area (Å²) in [6, 6.07) is 7.44. The van der Waals surface area contributed by atoms with Gasteiger partial charge in [0.2, 0.25) is 0 Å². The maximum atomic E-state index is 12.1. The Morgan fingerprint density at radius 3 is 2.61 bits per heavy atom. The number of rotatable bonds is 4. The molecular formula is C17H24BrN3O2. The molecule has 1 aliphatic heterocycles. The molecule has 1 aromatic rings. The van der Waals surface area contributed by atoms with Crippen LogP contribution in [0.15, 0.2) is 33.8 Å². The minimum Gasteiger partial charge on any atom is -0.444 e. The van der Waals surface area contributed by atoms with Gasteiger partial charge in [-0.1, -0.05) is 34.1 Å². The van der Waals surface area contributed by atoms with Crippen molar-refractivity contribution in [1.82, 2.24) is 10.3 Å². The molecule has 0 aliphatic carbocycles. The summed E-state index contributed by atoms with van der Waals surface area (Å²) in [4.78, 5) is 12.1. The molecule has 126 valence electrons. The lowest BCUT2D eigenvalue weighted by atomic mass is 10.1. The Hall–Kier alpha value is -1.56. The van der Waals surface area contributed by atoms with Crippen molar-refractivity contribution in [3.63, 3.8) is 0 Å². The standard InChI is InChI=1S/C17H24BrN3O2/c1-17(2,3)23-16(22)20-15(12-19-21-10-6-7-11-21)13-8-4-5-9-14(13)18/h4-5,8-9,12,15H,6-7,10-11H2,1-3H3,(H,20,22)/b19-12+/t15-/m0/s1. The van der Waals surface area contributed by atoms with Crippen LogP contribution in [0.4, 0.5) is 4.79 Å². The summed E-state index contributed by atoms with van der Waals surface area (Å²) >= 11 is 3.53. The molecule has 0 bridgehead atoms. The summed E-state index contributed by atoms with van der Waals surface area (Å²) in [7, 11) is 0. The lowest BCUT2D eigenvalue weighted by Gasteiger charge is -2.23.